The topological polar surface area (TPSA) is 56.0 Å². The standard InChI is InChI=1S/C5H6N2OS/c6-5(2-8)4-1-7-9-3-4/h1-3,5H,6H2. The summed E-state index contributed by atoms with van der Waals surface area (Å²) in [6.07, 6.45) is 2.30. The predicted octanol–water partition coefficient (Wildman–Crippen LogP) is 0.342. The van der Waals surface area contributed by atoms with Crippen molar-refractivity contribution in [1.29, 1.82) is 0 Å². The summed E-state index contributed by atoms with van der Waals surface area (Å²) in [4.78, 5) is 10.1. The Balaban J connectivity index is 2.76. The van der Waals surface area contributed by atoms with Crippen LogP contribution in [0.4, 0.5) is 0 Å². The van der Waals surface area contributed by atoms with Gasteiger partial charge < -0.3 is 10.5 Å². The normalized spacial score (nSPS) is 13.0. The van der Waals surface area contributed by atoms with Gasteiger partial charge in [0, 0.05) is 17.1 Å². The number of carbonyl (C=O) groups excluding carboxylic acids is 1. The number of hydrogen-bond acceptors (Lipinski definition) is 4. The van der Waals surface area contributed by atoms with Crippen LogP contribution in [-0.4, -0.2) is 10.7 Å². The van der Waals surface area contributed by atoms with Crippen molar-refractivity contribution in [2.75, 3.05) is 0 Å². The Hall–Kier alpha value is -0.740. The highest BCUT2D eigenvalue weighted by molar-refractivity contribution is 7.03. The van der Waals surface area contributed by atoms with E-state index in [0.29, 0.717) is 6.29 Å². The van der Waals surface area contributed by atoms with E-state index in [1.165, 1.54) is 11.5 Å². The lowest BCUT2D eigenvalue weighted by Crippen LogP contribution is -2.09. The molecule has 1 heterocycles. The third kappa shape index (κ3) is 1.34. The van der Waals surface area contributed by atoms with Gasteiger partial charge in [-0.25, -0.2) is 4.37 Å². The van der Waals surface area contributed by atoms with E-state index in [-0.39, 0.29) is 0 Å². The highest BCUT2D eigenvalue weighted by atomic mass is 32.1. The average molecular weight is 142 g/mol. The van der Waals surface area contributed by atoms with E-state index < -0.39 is 6.04 Å². The van der Waals surface area contributed by atoms with Gasteiger partial charge in [0.1, 0.15) is 6.29 Å². The summed E-state index contributed by atoms with van der Waals surface area (Å²) in [7, 11) is 0. The molecular weight excluding hydrogens is 136 g/mol. The third-order valence-corrected chi connectivity index (χ3v) is 1.59. The van der Waals surface area contributed by atoms with Crippen LogP contribution in [0.15, 0.2) is 11.6 Å². The number of aromatic nitrogens is 1. The molecule has 0 saturated heterocycles. The Kier molecular flexibility index (Phi) is 1.92. The molecule has 1 aromatic rings. The van der Waals surface area contributed by atoms with E-state index in [2.05, 4.69) is 4.37 Å². The molecule has 0 spiro atoms. The molecule has 0 aromatic carbocycles. The molecule has 3 nitrogen and oxygen atoms in total. The van der Waals surface area contributed by atoms with Gasteiger partial charge in [0.25, 0.3) is 0 Å². The van der Waals surface area contributed by atoms with Crippen LogP contribution in [0, 0.1) is 0 Å². The Labute approximate surface area is 56.7 Å². The van der Waals surface area contributed by atoms with Gasteiger partial charge in [-0.05, 0) is 11.5 Å². The molecule has 9 heavy (non-hydrogen) atoms. The molecule has 0 saturated carbocycles. The van der Waals surface area contributed by atoms with Crippen molar-refractivity contribution < 1.29 is 4.79 Å². The lowest BCUT2D eigenvalue weighted by Gasteiger charge is -1.94. The number of nitrogens with two attached hydrogens (primary N) is 1. The van der Waals surface area contributed by atoms with Crippen molar-refractivity contribution >= 4 is 17.8 Å². The van der Waals surface area contributed by atoms with Crippen LogP contribution >= 0.6 is 11.5 Å². The zero-order valence-electron chi connectivity index (χ0n) is 4.65. The molecule has 1 aromatic heterocycles. The molecule has 0 fully saturated rings. The summed E-state index contributed by atoms with van der Waals surface area (Å²) >= 11 is 1.29. The maximum atomic E-state index is 10.1. The summed E-state index contributed by atoms with van der Waals surface area (Å²) in [6.45, 7) is 0. The first kappa shape index (κ1) is 6.38. The van der Waals surface area contributed by atoms with E-state index in [1.54, 1.807) is 11.6 Å². The fourth-order valence-corrected chi connectivity index (χ4v) is 1.04. The van der Waals surface area contributed by atoms with Gasteiger partial charge in [-0.3, -0.25) is 0 Å². The van der Waals surface area contributed by atoms with Crippen molar-refractivity contribution in [2.45, 2.75) is 6.04 Å². The monoisotopic (exact) mass is 142 g/mol. The van der Waals surface area contributed by atoms with E-state index in [1.807, 2.05) is 0 Å². The number of nitrogens with zero attached hydrogens (tertiary/aromatic N) is 1. The Morgan fingerprint density at radius 2 is 2.67 bits per heavy atom. The lowest BCUT2D eigenvalue weighted by molar-refractivity contribution is -0.109. The van der Waals surface area contributed by atoms with Gasteiger partial charge in [0.05, 0.1) is 6.04 Å². The van der Waals surface area contributed by atoms with Crippen molar-refractivity contribution in [3.8, 4) is 0 Å². The number of aldehydes is 1. The van der Waals surface area contributed by atoms with Crippen LogP contribution in [0.1, 0.15) is 11.6 Å². The Bertz CT molecular complexity index is 185. The van der Waals surface area contributed by atoms with Gasteiger partial charge >= 0.3 is 0 Å². The van der Waals surface area contributed by atoms with E-state index in [0.717, 1.165) is 5.56 Å². The number of carbonyl (C=O) groups is 1. The van der Waals surface area contributed by atoms with Crippen LogP contribution < -0.4 is 5.73 Å². The SMILES string of the molecule is NC(C=O)c1cnsc1. The zero-order chi connectivity index (χ0) is 6.69. The van der Waals surface area contributed by atoms with Crippen LogP contribution in [0.3, 0.4) is 0 Å². The van der Waals surface area contributed by atoms with Gasteiger partial charge in [-0.15, -0.1) is 0 Å². The molecule has 1 unspecified atom stereocenters. The van der Waals surface area contributed by atoms with Gasteiger partial charge in [-0.2, -0.15) is 0 Å². The predicted molar refractivity (Wildman–Crippen MR) is 35.1 cm³/mol. The molecule has 0 amide bonds. The van der Waals surface area contributed by atoms with Crippen molar-refractivity contribution in [1.82, 2.24) is 4.37 Å². The second-order valence-corrected chi connectivity index (χ2v) is 2.28. The smallest absolute Gasteiger partial charge is 0.141 e. The summed E-state index contributed by atoms with van der Waals surface area (Å²) in [6, 6.07) is -0.497. The van der Waals surface area contributed by atoms with E-state index in [9.17, 15) is 4.79 Å². The lowest BCUT2D eigenvalue weighted by atomic mass is 10.2. The molecule has 1 rings (SSSR count). The van der Waals surface area contributed by atoms with Gasteiger partial charge in [0.2, 0.25) is 0 Å². The zero-order valence-corrected chi connectivity index (χ0v) is 5.47. The molecule has 0 aliphatic heterocycles. The van der Waals surface area contributed by atoms with E-state index >= 15 is 0 Å². The maximum absolute atomic E-state index is 10.1. The fraction of sp³-hybridized carbons (Fsp3) is 0.200. The largest absolute Gasteiger partial charge is 0.318 e. The van der Waals surface area contributed by atoms with Crippen molar-refractivity contribution in [2.24, 2.45) is 5.73 Å². The maximum Gasteiger partial charge on any atom is 0.141 e. The van der Waals surface area contributed by atoms with Crippen LogP contribution in [0.25, 0.3) is 0 Å². The first-order valence-corrected chi connectivity index (χ1v) is 3.28. The van der Waals surface area contributed by atoms with Crippen LogP contribution in [-0.2, 0) is 4.79 Å². The van der Waals surface area contributed by atoms with Crippen molar-refractivity contribution in [3.05, 3.63) is 17.1 Å². The molecule has 0 bridgehead atoms. The molecule has 48 valence electrons. The highest BCUT2D eigenvalue weighted by Crippen LogP contribution is 2.07. The number of hydrogen-bond donors (Lipinski definition) is 1. The van der Waals surface area contributed by atoms with Crippen molar-refractivity contribution in [3.63, 3.8) is 0 Å². The Morgan fingerprint density at radius 3 is 3.11 bits per heavy atom. The minimum absolute atomic E-state index is 0.497. The fourth-order valence-electron chi connectivity index (χ4n) is 0.456. The summed E-state index contributed by atoms with van der Waals surface area (Å²) in [5.74, 6) is 0. The first-order valence-electron chi connectivity index (χ1n) is 2.44. The quantitative estimate of drug-likeness (QED) is 0.606. The summed E-state index contributed by atoms with van der Waals surface area (Å²) < 4.78 is 3.79. The molecule has 1 atom stereocenters. The minimum Gasteiger partial charge on any atom is -0.318 e. The third-order valence-electron chi connectivity index (χ3n) is 0.983. The highest BCUT2D eigenvalue weighted by Gasteiger charge is 2.02. The summed E-state index contributed by atoms with van der Waals surface area (Å²) in [5, 5.41) is 1.76. The second-order valence-electron chi connectivity index (χ2n) is 1.62. The molecule has 4 heteroatoms. The Morgan fingerprint density at radius 1 is 1.89 bits per heavy atom. The van der Waals surface area contributed by atoms with E-state index in [4.69, 9.17) is 5.73 Å². The first-order chi connectivity index (χ1) is 4.34. The molecule has 0 aliphatic carbocycles. The summed E-state index contributed by atoms with van der Waals surface area (Å²) in [5.41, 5.74) is 6.12. The molecule has 0 aliphatic rings. The molecular formula is C5H6N2OS. The van der Waals surface area contributed by atoms with Gasteiger partial charge in [-0.1, -0.05) is 0 Å². The van der Waals surface area contributed by atoms with Gasteiger partial charge in [0.15, 0.2) is 0 Å². The molecule has 2 N–H and O–H groups in total. The van der Waals surface area contributed by atoms with Crippen LogP contribution in [0.2, 0.25) is 0 Å². The minimum atomic E-state index is -0.497. The van der Waals surface area contributed by atoms with Crippen LogP contribution in [0.5, 0.6) is 0 Å². The second kappa shape index (κ2) is 2.70. The number of rotatable bonds is 2. The molecule has 0 radical (unpaired) electrons. The average Bonchev–Trinajstić information content (AvgIpc) is 2.37.